The molecule has 0 saturated carbocycles. The summed E-state index contributed by atoms with van der Waals surface area (Å²) in [5.74, 6) is -3.85. The number of ketones is 1. The van der Waals surface area contributed by atoms with E-state index in [0.717, 1.165) is 13.2 Å². The van der Waals surface area contributed by atoms with Gasteiger partial charge in [-0.1, -0.05) is 12.1 Å². The first kappa shape index (κ1) is 20.0. The fourth-order valence-corrected chi connectivity index (χ4v) is 3.71. The van der Waals surface area contributed by atoms with Crippen molar-refractivity contribution in [3.8, 4) is 0 Å². The minimum Gasteiger partial charge on any atom is -0.466 e. The molecule has 0 saturated heterocycles. The van der Waals surface area contributed by atoms with Gasteiger partial charge >= 0.3 is 12.1 Å². The van der Waals surface area contributed by atoms with Crippen molar-refractivity contribution in [2.24, 2.45) is 0 Å². The Bertz CT molecular complexity index is 901. The first-order valence-electron chi connectivity index (χ1n) is 8.42. The summed E-state index contributed by atoms with van der Waals surface area (Å²) in [6.07, 6.45) is -6.02. The summed E-state index contributed by atoms with van der Waals surface area (Å²) in [5.41, 5.74) is -1.04. The zero-order valence-electron chi connectivity index (χ0n) is 14.8. The molecule has 150 valence electrons. The van der Waals surface area contributed by atoms with Crippen molar-refractivity contribution in [3.63, 3.8) is 0 Å². The monoisotopic (exact) mass is 401 g/mol. The number of rotatable bonds is 4. The van der Waals surface area contributed by atoms with Crippen molar-refractivity contribution in [1.82, 2.24) is 5.32 Å². The minimum absolute atomic E-state index is 0.0478. The zero-order chi connectivity index (χ0) is 20.6. The van der Waals surface area contributed by atoms with Crippen LogP contribution in [-0.4, -0.2) is 31.7 Å². The maximum Gasteiger partial charge on any atom is 0.393 e. The third-order valence-electron chi connectivity index (χ3n) is 4.81. The smallest absolute Gasteiger partial charge is 0.393 e. The van der Waals surface area contributed by atoms with E-state index in [0.29, 0.717) is 5.70 Å². The summed E-state index contributed by atoms with van der Waals surface area (Å²) >= 11 is 0. The molecule has 1 aromatic carbocycles. The molecule has 1 N–H and O–H groups in total. The number of ether oxygens (including phenoxy) is 1. The van der Waals surface area contributed by atoms with Crippen LogP contribution >= 0.6 is 0 Å². The van der Waals surface area contributed by atoms with Crippen molar-refractivity contribution in [3.05, 3.63) is 57.7 Å². The molecule has 1 aliphatic carbocycles. The van der Waals surface area contributed by atoms with Gasteiger partial charge < -0.3 is 10.1 Å². The van der Waals surface area contributed by atoms with Crippen LogP contribution in [0.2, 0.25) is 0 Å². The molecule has 0 bridgehead atoms. The van der Waals surface area contributed by atoms with Gasteiger partial charge in [-0.05, 0) is 18.1 Å². The van der Waals surface area contributed by atoms with E-state index < -0.39 is 48.3 Å². The number of allylic oxidation sites excluding steroid dienone is 3. The van der Waals surface area contributed by atoms with Gasteiger partial charge in [-0.3, -0.25) is 4.79 Å². The van der Waals surface area contributed by atoms with Crippen molar-refractivity contribution in [2.45, 2.75) is 31.4 Å². The Morgan fingerprint density at radius 3 is 2.61 bits per heavy atom. The molecule has 3 rings (SSSR count). The van der Waals surface area contributed by atoms with Gasteiger partial charge in [-0.2, -0.15) is 13.2 Å². The number of hydrogen-bond donors (Lipinski definition) is 1. The van der Waals surface area contributed by atoms with Crippen LogP contribution in [0.25, 0.3) is 0 Å². The van der Waals surface area contributed by atoms with Gasteiger partial charge in [0.05, 0.1) is 24.8 Å². The van der Waals surface area contributed by atoms with Crippen LogP contribution in [0.3, 0.4) is 0 Å². The van der Waals surface area contributed by atoms with Gasteiger partial charge in [0.1, 0.15) is 12.5 Å². The molecule has 0 fully saturated rings. The van der Waals surface area contributed by atoms with Crippen LogP contribution in [0.15, 0.2) is 40.7 Å². The van der Waals surface area contributed by atoms with Gasteiger partial charge in [0.15, 0.2) is 5.78 Å². The van der Waals surface area contributed by atoms with E-state index in [1.54, 1.807) is 0 Å². The number of esters is 1. The van der Waals surface area contributed by atoms with E-state index in [2.05, 4.69) is 10.1 Å². The Morgan fingerprint density at radius 2 is 2.00 bits per heavy atom. The van der Waals surface area contributed by atoms with Crippen LogP contribution in [0.4, 0.5) is 22.0 Å². The lowest BCUT2D eigenvalue weighted by molar-refractivity contribution is -0.136. The maximum absolute atomic E-state index is 14.3. The van der Waals surface area contributed by atoms with Crippen LogP contribution in [0.1, 0.15) is 29.9 Å². The fraction of sp³-hybridized carbons (Fsp3) is 0.368. The molecular formula is C19H16F5NO3. The summed E-state index contributed by atoms with van der Waals surface area (Å²) in [7, 11) is 1.03. The second-order valence-electron chi connectivity index (χ2n) is 6.49. The lowest BCUT2D eigenvalue weighted by Crippen LogP contribution is -2.32. The van der Waals surface area contributed by atoms with Gasteiger partial charge in [-0.25, -0.2) is 13.6 Å². The number of nitrogens with one attached hydrogen (secondary N) is 1. The number of dihydropyridines is 1. The Labute approximate surface area is 157 Å². The molecule has 2 aliphatic rings. The minimum atomic E-state index is -4.72. The van der Waals surface area contributed by atoms with E-state index >= 15 is 0 Å². The zero-order valence-corrected chi connectivity index (χ0v) is 14.8. The van der Waals surface area contributed by atoms with E-state index in [-0.39, 0.29) is 35.2 Å². The summed E-state index contributed by atoms with van der Waals surface area (Å²) < 4.78 is 71.8. The van der Waals surface area contributed by atoms with Crippen LogP contribution in [0, 0.1) is 5.82 Å². The molecular weight excluding hydrogens is 385 g/mol. The van der Waals surface area contributed by atoms with Crippen LogP contribution < -0.4 is 5.32 Å². The maximum atomic E-state index is 14.3. The van der Waals surface area contributed by atoms with Crippen molar-refractivity contribution in [1.29, 1.82) is 0 Å². The summed E-state index contributed by atoms with van der Waals surface area (Å²) in [6, 6.07) is 3.28. The average molecular weight is 401 g/mol. The number of Topliss-reactive ketones (excluding diaryl/α,β-unsaturated/α-hetero) is 1. The number of halogens is 5. The quantitative estimate of drug-likeness (QED) is 0.619. The molecule has 0 unspecified atom stereocenters. The van der Waals surface area contributed by atoms with E-state index in [4.69, 9.17) is 0 Å². The third kappa shape index (κ3) is 3.53. The Kier molecular flexibility index (Phi) is 5.27. The fourth-order valence-electron chi connectivity index (χ4n) is 3.71. The molecule has 1 aliphatic heterocycles. The van der Waals surface area contributed by atoms with Gasteiger partial charge in [0.25, 0.3) is 0 Å². The van der Waals surface area contributed by atoms with E-state index in [1.807, 2.05) is 0 Å². The van der Waals surface area contributed by atoms with Crippen LogP contribution in [-0.2, 0) is 20.7 Å². The molecule has 1 aromatic rings. The highest BCUT2D eigenvalue weighted by molar-refractivity contribution is 6.05. The third-order valence-corrected chi connectivity index (χ3v) is 4.81. The number of carbonyl (C=O) groups is 2. The molecule has 4 nitrogen and oxygen atoms in total. The van der Waals surface area contributed by atoms with Crippen molar-refractivity contribution in [2.75, 3.05) is 13.8 Å². The van der Waals surface area contributed by atoms with Gasteiger partial charge in [-0.15, -0.1) is 0 Å². The molecule has 0 radical (unpaired) electrons. The molecule has 1 heterocycles. The van der Waals surface area contributed by atoms with Crippen LogP contribution in [0.5, 0.6) is 0 Å². The highest BCUT2D eigenvalue weighted by Gasteiger charge is 2.43. The number of hydrogen-bond acceptors (Lipinski definition) is 4. The summed E-state index contributed by atoms with van der Waals surface area (Å²) in [6.45, 7) is -1.13. The Hall–Kier alpha value is -2.71. The number of alkyl halides is 4. The second-order valence-corrected chi connectivity index (χ2v) is 6.49. The predicted molar refractivity (Wildman–Crippen MR) is 88.3 cm³/mol. The topological polar surface area (TPSA) is 55.4 Å². The molecule has 1 atom stereocenters. The van der Waals surface area contributed by atoms with Gasteiger partial charge in [0.2, 0.25) is 0 Å². The molecule has 0 amide bonds. The van der Waals surface area contributed by atoms with Crippen molar-refractivity contribution < 1.29 is 36.3 Å². The largest absolute Gasteiger partial charge is 0.466 e. The highest BCUT2D eigenvalue weighted by Crippen LogP contribution is 2.45. The first-order valence-corrected chi connectivity index (χ1v) is 8.42. The highest BCUT2D eigenvalue weighted by atomic mass is 19.4. The van der Waals surface area contributed by atoms with E-state index in [1.165, 1.54) is 12.1 Å². The molecule has 0 spiro atoms. The Balaban J connectivity index is 2.27. The second kappa shape index (κ2) is 7.37. The average Bonchev–Trinajstić information content (AvgIpc) is 3.01. The summed E-state index contributed by atoms with van der Waals surface area (Å²) in [5, 5.41) is 2.69. The number of methoxy groups -OCH3 is 1. The lowest BCUT2D eigenvalue weighted by Gasteiger charge is -2.30. The number of benzene rings is 1. The molecule has 28 heavy (non-hydrogen) atoms. The number of carbonyl (C=O) groups excluding carboxylic acids is 2. The SMILES string of the molecule is COC(=O)C1=C(CF)NC2=C(C(=O)CC2)[C@H]1c1cccc(F)c1CC(F)(F)F. The molecule has 0 aromatic heterocycles. The summed E-state index contributed by atoms with van der Waals surface area (Å²) in [4.78, 5) is 24.8. The van der Waals surface area contributed by atoms with Crippen molar-refractivity contribution >= 4 is 11.8 Å². The standard InChI is InChI=1S/C19H16F5NO3/c1-28-18(27)17-13(8-20)25-12-5-6-14(26)16(12)15(17)9-3-2-4-11(21)10(9)7-19(22,23)24/h2-4,15,25H,5-8H2,1H3/t15-/m1/s1. The normalized spacial score (nSPS) is 19.6. The lowest BCUT2D eigenvalue weighted by atomic mass is 9.78. The molecule has 9 heteroatoms. The van der Waals surface area contributed by atoms with Gasteiger partial charge in [0, 0.05) is 29.2 Å². The van der Waals surface area contributed by atoms with E-state index in [9.17, 15) is 31.5 Å². The predicted octanol–water partition coefficient (Wildman–Crippen LogP) is 3.63. The Morgan fingerprint density at radius 1 is 1.29 bits per heavy atom. The first-order chi connectivity index (χ1) is 13.2.